The van der Waals surface area contributed by atoms with Gasteiger partial charge in [-0.05, 0) is 6.92 Å². The Bertz CT molecular complexity index is 826. The number of hydrogen-bond donors (Lipinski definition) is 1. The van der Waals surface area contributed by atoms with Gasteiger partial charge in [0.25, 0.3) is 0 Å². The number of carbonyl (C=O) groups is 1. The van der Waals surface area contributed by atoms with Crippen LogP contribution in [0.5, 0.6) is 0 Å². The van der Waals surface area contributed by atoms with Crippen molar-refractivity contribution in [3.05, 3.63) is 81.7 Å². The Morgan fingerprint density at radius 3 is 2.33 bits per heavy atom. The zero-order chi connectivity index (χ0) is 14.8. The molecule has 21 heavy (non-hydrogen) atoms. The lowest BCUT2D eigenvalue weighted by atomic mass is 9.99. The number of rotatable bonds is 3. The Kier molecular flexibility index (Phi) is 3.28. The highest BCUT2D eigenvalue weighted by molar-refractivity contribution is 6.12. The van der Waals surface area contributed by atoms with Gasteiger partial charge in [-0.2, -0.15) is 0 Å². The van der Waals surface area contributed by atoms with Crippen LogP contribution in [0, 0.1) is 6.92 Å². The molecule has 0 bridgehead atoms. The normalized spacial score (nSPS) is 10.5. The molecular formula is C17H13NO3. The van der Waals surface area contributed by atoms with Crippen molar-refractivity contribution in [2.24, 2.45) is 0 Å². The monoisotopic (exact) mass is 279 g/mol. The molecule has 104 valence electrons. The van der Waals surface area contributed by atoms with Gasteiger partial charge in [-0.1, -0.05) is 60.2 Å². The van der Waals surface area contributed by atoms with E-state index in [1.807, 2.05) is 49.4 Å². The van der Waals surface area contributed by atoms with Gasteiger partial charge >= 0.3 is 5.63 Å². The fourth-order valence-electron chi connectivity index (χ4n) is 2.17. The van der Waals surface area contributed by atoms with E-state index >= 15 is 0 Å². The Labute approximate surface area is 121 Å². The van der Waals surface area contributed by atoms with Crippen LogP contribution in [0.4, 0.5) is 0 Å². The zero-order valence-electron chi connectivity index (χ0n) is 11.4. The lowest BCUT2D eigenvalue weighted by Gasteiger charge is -2.02. The lowest BCUT2D eigenvalue weighted by Crippen LogP contribution is -2.12. The van der Waals surface area contributed by atoms with E-state index in [0.717, 1.165) is 11.1 Å². The molecule has 2 aromatic carbocycles. The fraction of sp³-hybridized carbons (Fsp3) is 0.0588. The summed E-state index contributed by atoms with van der Waals surface area (Å²) in [4.78, 5) is 24.4. The van der Waals surface area contributed by atoms with Gasteiger partial charge in [0.1, 0.15) is 5.56 Å². The predicted octanol–water partition coefficient (Wildman–Crippen LogP) is 3.17. The third-order valence-corrected chi connectivity index (χ3v) is 3.30. The second-order valence-electron chi connectivity index (χ2n) is 4.80. The predicted molar refractivity (Wildman–Crippen MR) is 79.4 cm³/mol. The Hall–Kier alpha value is -2.88. The molecule has 0 radical (unpaired) electrons. The molecule has 1 N–H and O–H groups in total. The van der Waals surface area contributed by atoms with Crippen molar-refractivity contribution in [3.63, 3.8) is 0 Å². The minimum Gasteiger partial charge on any atom is -0.338 e. The van der Waals surface area contributed by atoms with Crippen LogP contribution in [-0.4, -0.2) is 10.9 Å². The first-order chi connectivity index (χ1) is 10.2. The van der Waals surface area contributed by atoms with Crippen LogP contribution in [0.1, 0.15) is 21.5 Å². The van der Waals surface area contributed by atoms with E-state index in [1.54, 1.807) is 12.1 Å². The molecule has 1 heterocycles. The molecule has 0 spiro atoms. The fourth-order valence-corrected chi connectivity index (χ4v) is 2.17. The van der Waals surface area contributed by atoms with Crippen molar-refractivity contribution in [1.29, 1.82) is 0 Å². The third-order valence-electron chi connectivity index (χ3n) is 3.30. The molecule has 0 aliphatic rings. The number of aromatic amines is 1. The molecule has 4 nitrogen and oxygen atoms in total. The highest BCUT2D eigenvalue weighted by Gasteiger charge is 2.22. The summed E-state index contributed by atoms with van der Waals surface area (Å²) < 4.78 is 4.82. The standard InChI is InChI=1S/C17H13NO3/c1-11-7-9-13(10-8-11)16(19)14-15(18-21-17(14)20)12-5-3-2-4-6-12/h2-10,18H,1H3. The maximum absolute atomic E-state index is 12.6. The third kappa shape index (κ3) is 2.43. The van der Waals surface area contributed by atoms with E-state index < -0.39 is 5.63 Å². The maximum atomic E-state index is 12.6. The van der Waals surface area contributed by atoms with Gasteiger partial charge in [-0.25, -0.2) is 9.95 Å². The molecule has 0 unspecified atom stereocenters. The van der Waals surface area contributed by atoms with Gasteiger partial charge in [-0.3, -0.25) is 4.79 Å². The van der Waals surface area contributed by atoms with E-state index in [0.29, 0.717) is 11.3 Å². The smallest absolute Gasteiger partial charge is 0.338 e. The number of ketones is 1. The first-order valence-electron chi connectivity index (χ1n) is 6.55. The number of H-pyrrole nitrogens is 1. The van der Waals surface area contributed by atoms with Crippen molar-refractivity contribution in [1.82, 2.24) is 5.16 Å². The van der Waals surface area contributed by atoms with Gasteiger partial charge in [0.2, 0.25) is 5.78 Å². The summed E-state index contributed by atoms with van der Waals surface area (Å²) in [5.74, 6) is -0.344. The molecular weight excluding hydrogens is 266 g/mol. The summed E-state index contributed by atoms with van der Waals surface area (Å²) in [5, 5.41) is 2.54. The average molecular weight is 279 g/mol. The van der Waals surface area contributed by atoms with Crippen molar-refractivity contribution in [2.75, 3.05) is 0 Å². The molecule has 0 atom stereocenters. The quantitative estimate of drug-likeness (QED) is 0.749. The molecule has 0 fully saturated rings. The van der Waals surface area contributed by atoms with E-state index in [2.05, 4.69) is 5.16 Å². The lowest BCUT2D eigenvalue weighted by molar-refractivity contribution is 0.103. The molecule has 0 saturated heterocycles. The zero-order valence-corrected chi connectivity index (χ0v) is 11.4. The number of aromatic nitrogens is 1. The summed E-state index contributed by atoms with van der Waals surface area (Å²) in [6.07, 6.45) is 0. The van der Waals surface area contributed by atoms with Gasteiger partial charge in [-0.15, -0.1) is 0 Å². The Balaban J connectivity index is 2.11. The van der Waals surface area contributed by atoms with Crippen molar-refractivity contribution >= 4 is 5.78 Å². The Morgan fingerprint density at radius 2 is 1.67 bits per heavy atom. The highest BCUT2D eigenvalue weighted by atomic mass is 16.5. The van der Waals surface area contributed by atoms with E-state index in [1.165, 1.54) is 0 Å². The van der Waals surface area contributed by atoms with Crippen LogP contribution in [0.3, 0.4) is 0 Å². The van der Waals surface area contributed by atoms with Crippen LogP contribution >= 0.6 is 0 Å². The summed E-state index contributed by atoms with van der Waals surface area (Å²) in [6, 6.07) is 16.2. The van der Waals surface area contributed by atoms with Crippen molar-refractivity contribution in [2.45, 2.75) is 6.92 Å². The molecule has 0 saturated carbocycles. The van der Waals surface area contributed by atoms with Gasteiger partial charge in [0, 0.05) is 11.1 Å². The topological polar surface area (TPSA) is 63.1 Å². The largest absolute Gasteiger partial charge is 0.369 e. The Morgan fingerprint density at radius 1 is 1.00 bits per heavy atom. The molecule has 3 rings (SSSR count). The highest BCUT2D eigenvalue weighted by Crippen LogP contribution is 2.21. The van der Waals surface area contributed by atoms with Gasteiger partial charge < -0.3 is 4.52 Å². The first-order valence-corrected chi connectivity index (χ1v) is 6.55. The van der Waals surface area contributed by atoms with Crippen LogP contribution in [0.15, 0.2) is 63.9 Å². The van der Waals surface area contributed by atoms with Crippen molar-refractivity contribution < 1.29 is 9.32 Å². The summed E-state index contributed by atoms with van der Waals surface area (Å²) in [6.45, 7) is 1.94. The maximum Gasteiger partial charge on any atom is 0.369 e. The molecule has 1 aromatic heterocycles. The van der Waals surface area contributed by atoms with Crippen LogP contribution in [0.2, 0.25) is 0 Å². The molecule has 0 aliphatic carbocycles. The minimum atomic E-state index is -0.653. The van der Waals surface area contributed by atoms with Crippen LogP contribution in [-0.2, 0) is 0 Å². The van der Waals surface area contributed by atoms with E-state index in [-0.39, 0.29) is 11.3 Å². The SMILES string of the molecule is Cc1ccc(C(=O)c2c(-c3ccccc3)[nH]oc2=O)cc1. The molecule has 4 heteroatoms. The van der Waals surface area contributed by atoms with Gasteiger partial charge in [0.15, 0.2) is 0 Å². The number of hydrogen-bond acceptors (Lipinski definition) is 3. The summed E-state index contributed by atoms with van der Waals surface area (Å²) in [5.41, 5.74) is 2.04. The minimum absolute atomic E-state index is 0.0325. The summed E-state index contributed by atoms with van der Waals surface area (Å²) >= 11 is 0. The molecule has 0 aliphatic heterocycles. The summed E-state index contributed by atoms with van der Waals surface area (Å²) in [7, 11) is 0. The average Bonchev–Trinajstić information content (AvgIpc) is 2.90. The second-order valence-corrected chi connectivity index (χ2v) is 4.80. The van der Waals surface area contributed by atoms with Crippen LogP contribution < -0.4 is 5.63 Å². The molecule has 3 aromatic rings. The number of aryl methyl sites for hydroxylation is 1. The first kappa shape index (κ1) is 13.1. The van der Waals surface area contributed by atoms with E-state index in [9.17, 15) is 9.59 Å². The van der Waals surface area contributed by atoms with Gasteiger partial charge in [0.05, 0.1) is 5.69 Å². The number of carbonyl (C=O) groups excluding carboxylic acids is 1. The number of benzene rings is 2. The second kappa shape index (κ2) is 5.25. The molecule has 0 amide bonds. The van der Waals surface area contributed by atoms with Crippen LogP contribution in [0.25, 0.3) is 11.3 Å². The van der Waals surface area contributed by atoms with Crippen molar-refractivity contribution in [3.8, 4) is 11.3 Å². The van der Waals surface area contributed by atoms with E-state index in [4.69, 9.17) is 4.52 Å². The number of nitrogens with one attached hydrogen (secondary N) is 1.